The van der Waals surface area contributed by atoms with Crippen LogP contribution in [0.25, 0.3) is 0 Å². The third-order valence-corrected chi connectivity index (χ3v) is 3.41. The van der Waals surface area contributed by atoms with E-state index in [2.05, 4.69) is 37.9 Å². The van der Waals surface area contributed by atoms with Gasteiger partial charge in [0.1, 0.15) is 0 Å². The van der Waals surface area contributed by atoms with Crippen molar-refractivity contribution in [3.8, 4) is 0 Å². The van der Waals surface area contributed by atoms with E-state index in [1.54, 1.807) is 0 Å². The van der Waals surface area contributed by atoms with Crippen molar-refractivity contribution in [2.75, 3.05) is 19.6 Å². The summed E-state index contributed by atoms with van der Waals surface area (Å²) in [5.74, 6) is 0.760. The second kappa shape index (κ2) is 6.49. The van der Waals surface area contributed by atoms with Gasteiger partial charge < -0.3 is 5.32 Å². The van der Waals surface area contributed by atoms with Crippen LogP contribution in [0, 0.1) is 5.92 Å². The van der Waals surface area contributed by atoms with Gasteiger partial charge in [-0.3, -0.25) is 4.90 Å². The van der Waals surface area contributed by atoms with E-state index >= 15 is 0 Å². The lowest BCUT2D eigenvalue weighted by Crippen LogP contribution is -2.48. The topological polar surface area (TPSA) is 15.3 Å². The van der Waals surface area contributed by atoms with Gasteiger partial charge in [0.25, 0.3) is 0 Å². The molecule has 1 heterocycles. The molecule has 1 aliphatic rings. The van der Waals surface area contributed by atoms with Crippen LogP contribution in [0.5, 0.6) is 0 Å². The van der Waals surface area contributed by atoms with E-state index in [1.165, 1.54) is 25.8 Å². The SMILES string of the molecule is CC(C)CNCC(C)N1CCCCC1C. The fourth-order valence-electron chi connectivity index (χ4n) is 2.47. The number of nitrogens with one attached hydrogen (secondary N) is 1. The molecule has 0 radical (unpaired) electrons. The van der Waals surface area contributed by atoms with Crippen molar-refractivity contribution in [1.29, 1.82) is 0 Å². The van der Waals surface area contributed by atoms with Crippen molar-refractivity contribution < 1.29 is 0 Å². The zero-order valence-corrected chi connectivity index (χ0v) is 10.9. The monoisotopic (exact) mass is 212 g/mol. The van der Waals surface area contributed by atoms with Crippen LogP contribution in [0.3, 0.4) is 0 Å². The van der Waals surface area contributed by atoms with Gasteiger partial charge in [-0.05, 0) is 45.7 Å². The summed E-state index contributed by atoms with van der Waals surface area (Å²) in [4.78, 5) is 2.66. The van der Waals surface area contributed by atoms with Crippen LogP contribution in [-0.4, -0.2) is 36.6 Å². The third kappa shape index (κ3) is 4.52. The zero-order chi connectivity index (χ0) is 11.3. The van der Waals surface area contributed by atoms with Crippen molar-refractivity contribution in [3.63, 3.8) is 0 Å². The van der Waals surface area contributed by atoms with Gasteiger partial charge in [0, 0.05) is 18.6 Å². The predicted octanol–water partition coefficient (Wildman–Crippen LogP) is 2.49. The Balaban J connectivity index is 2.22. The molecule has 2 atom stereocenters. The van der Waals surface area contributed by atoms with Crippen LogP contribution in [-0.2, 0) is 0 Å². The number of rotatable bonds is 5. The number of piperidine rings is 1. The molecule has 2 nitrogen and oxygen atoms in total. The molecule has 0 aliphatic carbocycles. The first kappa shape index (κ1) is 13.0. The highest BCUT2D eigenvalue weighted by Crippen LogP contribution is 2.18. The quantitative estimate of drug-likeness (QED) is 0.753. The number of hydrogen-bond donors (Lipinski definition) is 1. The van der Waals surface area contributed by atoms with Crippen LogP contribution in [0.1, 0.15) is 47.0 Å². The van der Waals surface area contributed by atoms with Crippen molar-refractivity contribution in [3.05, 3.63) is 0 Å². The van der Waals surface area contributed by atoms with E-state index in [-0.39, 0.29) is 0 Å². The smallest absolute Gasteiger partial charge is 0.0195 e. The molecule has 1 rings (SSSR count). The Morgan fingerprint density at radius 2 is 1.93 bits per heavy atom. The Kier molecular flexibility index (Phi) is 5.62. The lowest BCUT2D eigenvalue weighted by Gasteiger charge is -2.38. The number of nitrogens with zero attached hydrogens (tertiary/aromatic N) is 1. The molecular weight excluding hydrogens is 184 g/mol. The highest BCUT2D eigenvalue weighted by molar-refractivity contribution is 4.79. The van der Waals surface area contributed by atoms with E-state index in [9.17, 15) is 0 Å². The molecule has 15 heavy (non-hydrogen) atoms. The lowest BCUT2D eigenvalue weighted by atomic mass is 10.0. The fraction of sp³-hybridized carbons (Fsp3) is 1.00. The second-order valence-corrected chi connectivity index (χ2v) is 5.48. The molecule has 2 heteroatoms. The molecule has 0 bridgehead atoms. The molecule has 1 fully saturated rings. The minimum atomic E-state index is 0.694. The van der Waals surface area contributed by atoms with Gasteiger partial charge in [0.2, 0.25) is 0 Å². The van der Waals surface area contributed by atoms with Crippen LogP contribution in [0.2, 0.25) is 0 Å². The molecule has 0 aromatic heterocycles. The van der Waals surface area contributed by atoms with E-state index in [0.29, 0.717) is 6.04 Å². The fourth-order valence-corrected chi connectivity index (χ4v) is 2.47. The minimum absolute atomic E-state index is 0.694. The summed E-state index contributed by atoms with van der Waals surface area (Å²) in [6.45, 7) is 12.8. The Labute approximate surface area is 95.4 Å². The average Bonchev–Trinajstić information content (AvgIpc) is 2.17. The van der Waals surface area contributed by atoms with E-state index < -0.39 is 0 Å². The summed E-state index contributed by atoms with van der Waals surface area (Å²) in [6, 6.07) is 1.48. The Morgan fingerprint density at radius 3 is 2.53 bits per heavy atom. The summed E-state index contributed by atoms with van der Waals surface area (Å²) in [5.41, 5.74) is 0. The molecule has 1 saturated heterocycles. The van der Waals surface area contributed by atoms with Gasteiger partial charge in [-0.15, -0.1) is 0 Å². The number of hydrogen-bond acceptors (Lipinski definition) is 2. The minimum Gasteiger partial charge on any atom is -0.315 e. The predicted molar refractivity (Wildman–Crippen MR) is 67.2 cm³/mol. The van der Waals surface area contributed by atoms with Crippen LogP contribution >= 0.6 is 0 Å². The van der Waals surface area contributed by atoms with Crippen molar-refractivity contribution in [2.24, 2.45) is 5.92 Å². The third-order valence-electron chi connectivity index (χ3n) is 3.41. The maximum atomic E-state index is 3.56. The summed E-state index contributed by atoms with van der Waals surface area (Å²) < 4.78 is 0. The molecule has 0 amide bonds. The van der Waals surface area contributed by atoms with Crippen molar-refractivity contribution >= 4 is 0 Å². The van der Waals surface area contributed by atoms with Crippen molar-refractivity contribution in [2.45, 2.75) is 59.0 Å². The lowest BCUT2D eigenvalue weighted by molar-refractivity contribution is 0.113. The summed E-state index contributed by atoms with van der Waals surface area (Å²) in [7, 11) is 0. The first-order chi connectivity index (χ1) is 7.11. The summed E-state index contributed by atoms with van der Waals surface area (Å²) >= 11 is 0. The highest BCUT2D eigenvalue weighted by atomic mass is 15.2. The zero-order valence-electron chi connectivity index (χ0n) is 10.9. The highest BCUT2D eigenvalue weighted by Gasteiger charge is 2.22. The average molecular weight is 212 g/mol. The standard InChI is InChI=1S/C13H28N2/c1-11(2)9-14-10-13(4)15-8-6-5-7-12(15)3/h11-14H,5-10H2,1-4H3. The van der Waals surface area contributed by atoms with Gasteiger partial charge in [0.15, 0.2) is 0 Å². The van der Waals surface area contributed by atoms with Gasteiger partial charge in [-0.25, -0.2) is 0 Å². The molecular formula is C13H28N2. The van der Waals surface area contributed by atoms with Crippen LogP contribution < -0.4 is 5.32 Å². The summed E-state index contributed by atoms with van der Waals surface area (Å²) in [5, 5.41) is 3.56. The van der Waals surface area contributed by atoms with Gasteiger partial charge >= 0.3 is 0 Å². The molecule has 1 aliphatic heterocycles. The Hall–Kier alpha value is -0.0800. The van der Waals surface area contributed by atoms with Crippen LogP contribution in [0.4, 0.5) is 0 Å². The molecule has 0 aromatic carbocycles. The van der Waals surface area contributed by atoms with E-state index in [0.717, 1.165) is 25.0 Å². The maximum Gasteiger partial charge on any atom is 0.0195 e. The normalized spacial score (nSPS) is 25.8. The number of likely N-dealkylation sites (tertiary alicyclic amines) is 1. The van der Waals surface area contributed by atoms with Crippen molar-refractivity contribution in [1.82, 2.24) is 10.2 Å². The van der Waals surface area contributed by atoms with Gasteiger partial charge in [-0.1, -0.05) is 20.3 Å². The van der Waals surface area contributed by atoms with E-state index in [1.807, 2.05) is 0 Å². The first-order valence-electron chi connectivity index (χ1n) is 6.57. The molecule has 1 N–H and O–H groups in total. The molecule has 0 spiro atoms. The molecule has 0 saturated carbocycles. The second-order valence-electron chi connectivity index (χ2n) is 5.48. The first-order valence-corrected chi connectivity index (χ1v) is 6.57. The van der Waals surface area contributed by atoms with E-state index in [4.69, 9.17) is 0 Å². The largest absolute Gasteiger partial charge is 0.315 e. The maximum absolute atomic E-state index is 3.56. The Morgan fingerprint density at radius 1 is 1.20 bits per heavy atom. The molecule has 0 aromatic rings. The Bertz CT molecular complexity index is 168. The van der Waals surface area contributed by atoms with Gasteiger partial charge in [0.05, 0.1) is 0 Å². The van der Waals surface area contributed by atoms with Gasteiger partial charge in [-0.2, -0.15) is 0 Å². The molecule has 2 unspecified atom stereocenters. The van der Waals surface area contributed by atoms with Crippen LogP contribution in [0.15, 0.2) is 0 Å². The summed E-state index contributed by atoms with van der Waals surface area (Å²) in [6.07, 6.45) is 4.19. The molecule has 90 valence electrons.